The summed E-state index contributed by atoms with van der Waals surface area (Å²) in [7, 11) is 0. The number of hydrogen-bond donors (Lipinski definition) is 1. The van der Waals surface area contributed by atoms with Gasteiger partial charge in [0.25, 0.3) is 0 Å². The number of nitrogens with one attached hydrogen (secondary N) is 1. The van der Waals surface area contributed by atoms with E-state index in [0.29, 0.717) is 6.42 Å². The molecule has 0 aromatic heterocycles. The topological polar surface area (TPSA) is 49.4 Å². The first-order valence-corrected chi connectivity index (χ1v) is 3.70. The molecule has 0 spiro atoms. The van der Waals surface area contributed by atoms with Gasteiger partial charge >= 0.3 is 0 Å². The van der Waals surface area contributed by atoms with E-state index in [4.69, 9.17) is 12.2 Å². The smallest absolute Gasteiger partial charge is 0.246 e. The van der Waals surface area contributed by atoms with Crippen molar-refractivity contribution in [1.29, 1.82) is 0 Å². The molecule has 11 heavy (non-hydrogen) atoms. The van der Waals surface area contributed by atoms with E-state index in [0.717, 1.165) is 0 Å². The Morgan fingerprint density at radius 1 is 1.82 bits per heavy atom. The quantitative estimate of drug-likeness (QED) is 0.549. The van der Waals surface area contributed by atoms with Crippen LogP contribution in [0.3, 0.4) is 0 Å². The van der Waals surface area contributed by atoms with E-state index in [-0.39, 0.29) is 23.5 Å². The fraction of sp³-hybridized carbons (Fsp3) is 0.500. The first kappa shape index (κ1) is 8.13. The fourth-order valence-corrected chi connectivity index (χ4v) is 1.11. The van der Waals surface area contributed by atoms with Gasteiger partial charge in [-0.3, -0.25) is 14.5 Å². The molecule has 0 saturated carbocycles. The van der Waals surface area contributed by atoms with Gasteiger partial charge in [-0.2, -0.15) is 0 Å². The summed E-state index contributed by atoms with van der Waals surface area (Å²) >= 11 is 4.73. The van der Waals surface area contributed by atoms with Gasteiger partial charge in [-0.1, -0.05) is 6.92 Å². The van der Waals surface area contributed by atoms with E-state index in [1.807, 2.05) is 0 Å². The van der Waals surface area contributed by atoms with E-state index in [9.17, 15) is 9.59 Å². The van der Waals surface area contributed by atoms with Crippen molar-refractivity contribution in [2.45, 2.75) is 13.3 Å². The van der Waals surface area contributed by atoms with E-state index < -0.39 is 0 Å². The molecule has 0 aromatic rings. The maximum atomic E-state index is 11.0. The molecule has 0 aromatic carbocycles. The second kappa shape index (κ2) is 2.96. The summed E-state index contributed by atoms with van der Waals surface area (Å²) in [5.74, 6) is -0.329. The lowest BCUT2D eigenvalue weighted by atomic mass is 10.4. The number of thiocarbonyl (C=S) groups is 1. The van der Waals surface area contributed by atoms with Crippen molar-refractivity contribution in [2.24, 2.45) is 0 Å². The van der Waals surface area contributed by atoms with Gasteiger partial charge in [0.05, 0.1) is 0 Å². The molecule has 1 heterocycles. The highest BCUT2D eigenvalue weighted by Crippen LogP contribution is 2.00. The molecule has 0 atom stereocenters. The number of hydrogen-bond acceptors (Lipinski definition) is 3. The minimum atomic E-state index is -0.211. The minimum absolute atomic E-state index is 0.0749. The van der Waals surface area contributed by atoms with Gasteiger partial charge in [0.1, 0.15) is 6.54 Å². The average molecular weight is 172 g/mol. The average Bonchev–Trinajstić information content (AvgIpc) is 2.28. The third kappa shape index (κ3) is 1.54. The first-order valence-electron chi connectivity index (χ1n) is 3.29. The minimum Gasteiger partial charge on any atom is -0.301 e. The molecule has 1 N–H and O–H groups in total. The Morgan fingerprint density at radius 3 is 2.82 bits per heavy atom. The Morgan fingerprint density at radius 2 is 2.45 bits per heavy atom. The van der Waals surface area contributed by atoms with Gasteiger partial charge in [0.15, 0.2) is 5.11 Å². The van der Waals surface area contributed by atoms with Crippen molar-refractivity contribution < 1.29 is 9.59 Å². The van der Waals surface area contributed by atoms with Gasteiger partial charge in [-0.15, -0.1) is 0 Å². The second-order valence-electron chi connectivity index (χ2n) is 2.19. The number of carbonyl (C=O) groups excluding carboxylic acids is 2. The Balaban J connectivity index is 2.67. The molecule has 1 aliphatic heterocycles. The molecule has 2 amide bonds. The second-order valence-corrected chi connectivity index (χ2v) is 2.57. The summed E-state index contributed by atoms with van der Waals surface area (Å²) in [6, 6.07) is 0. The van der Waals surface area contributed by atoms with Crippen LogP contribution >= 0.6 is 12.2 Å². The van der Waals surface area contributed by atoms with E-state index >= 15 is 0 Å². The van der Waals surface area contributed by atoms with Crippen LogP contribution in [0.5, 0.6) is 0 Å². The molecular formula is C6H8N2O2S. The van der Waals surface area contributed by atoms with Crippen molar-refractivity contribution in [2.75, 3.05) is 6.54 Å². The Hall–Kier alpha value is -0.970. The monoisotopic (exact) mass is 172 g/mol. The number of carbonyl (C=O) groups is 2. The zero-order chi connectivity index (χ0) is 8.43. The summed E-state index contributed by atoms with van der Waals surface area (Å²) in [4.78, 5) is 23.0. The van der Waals surface area contributed by atoms with Crippen molar-refractivity contribution >= 4 is 29.1 Å². The summed E-state index contributed by atoms with van der Waals surface area (Å²) in [5, 5.41) is 2.60. The number of rotatable bonds is 1. The number of amides is 2. The molecule has 1 saturated heterocycles. The van der Waals surface area contributed by atoms with E-state index in [2.05, 4.69) is 5.32 Å². The molecular weight excluding hydrogens is 164 g/mol. The summed E-state index contributed by atoms with van der Waals surface area (Å²) in [6.07, 6.45) is 0.370. The highest BCUT2D eigenvalue weighted by atomic mass is 32.1. The van der Waals surface area contributed by atoms with Gasteiger partial charge in [0, 0.05) is 6.42 Å². The lowest BCUT2D eigenvalue weighted by molar-refractivity contribution is -0.129. The van der Waals surface area contributed by atoms with E-state index in [1.54, 1.807) is 6.92 Å². The molecule has 0 bridgehead atoms. The maximum Gasteiger partial charge on any atom is 0.246 e. The molecule has 0 unspecified atom stereocenters. The fourth-order valence-electron chi connectivity index (χ4n) is 0.834. The van der Waals surface area contributed by atoms with Crippen molar-refractivity contribution in [3.63, 3.8) is 0 Å². The van der Waals surface area contributed by atoms with Gasteiger partial charge in [-0.05, 0) is 12.2 Å². The van der Waals surface area contributed by atoms with Crippen molar-refractivity contribution in [1.82, 2.24) is 10.2 Å². The SMILES string of the molecule is CCC(=O)N1CC(=O)NC1=S. The van der Waals surface area contributed by atoms with Gasteiger partial charge in [0.2, 0.25) is 11.8 Å². The van der Waals surface area contributed by atoms with Crippen LogP contribution < -0.4 is 5.32 Å². The van der Waals surface area contributed by atoms with Crippen LogP contribution in [0.2, 0.25) is 0 Å². The number of nitrogens with zero attached hydrogens (tertiary/aromatic N) is 1. The van der Waals surface area contributed by atoms with Crippen molar-refractivity contribution in [3.8, 4) is 0 Å². The highest BCUT2D eigenvalue weighted by Gasteiger charge is 2.27. The predicted molar refractivity (Wildman–Crippen MR) is 42.7 cm³/mol. The maximum absolute atomic E-state index is 11.0. The lowest BCUT2D eigenvalue weighted by Gasteiger charge is -2.10. The van der Waals surface area contributed by atoms with Crippen LogP contribution in [-0.4, -0.2) is 28.4 Å². The molecule has 60 valence electrons. The van der Waals surface area contributed by atoms with Crippen LogP contribution in [0.25, 0.3) is 0 Å². The normalized spacial score (nSPS) is 17.0. The predicted octanol–water partition coefficient (Wildman–Crippen LogP) is -0.360. The van der Waals surface area contributed by atoms with Crippen LogP contribution in [0.4, 0.5) is 0 Å². The zero-order valence-electron chi connectivity index (χ0n) is 6.09. The van der Waals surface area contributed by atoms with E-state index in [1.165, 1.54) is 4.90 Å². The third-order valence-corrected chi connectivity index (χ3v) is 1.72. The largest absolute Gasteiger partial charge is 0.301 e. The van der Waals surface area contributed by atoms with Crippen LogP contribution in [-0.2, 0) is 9.59 Å². The standard InChI is InChI=1S/C6H8N2O2S/c1-2-5(10)8-3-4(9)7-6(8)11/h2-3H2,1H3,(H,7,9,11). The van der Waals surface area contributed by atoms with Crippen LogP contribution in [0.1, 0.15) is 13.3 Å². The molecule has 5 heteroatoms. The Bertz CT molecular complexity index is 227. The van der Waals surface area contributed by atoms with Gasteiger partial charge < -0.3 is 5.32 Å². The molecule has 0 aliphatic carbocycles. The lowest BCUT2D eigenvalue weighted by Crippen LogP contribution is -2.33. The Labute approximate surface area is 69.5 Å². The van der Waals surface area contributed by atoms with Crippen molar-refractivity contribution in [3.05, 3.63) is 0 Å². The Kier molecular flexibility index (Phi) is 2.19. The van der Waals surface area contributed by atoms with Crippen LogP contribution in [0, 0.1) is 0 Å². The zero-order valence-corrected chi connectivity index (χ0v) is 6.90. The summed E-state index contributed by atoms with van der Waals surface area (Å²) in [6.45, 7) is 1.80. The molecule has 0 radical (unpaired) electrons. The summed E-state index contributed by atoms with van der Waals surface area (Å²) in [5.41, 5.74) is 0. The van der Waals surface area contributed by atoms with Gasteiger partial charge in [-0.25, -0.2) is 0 Å². The first-order chi connectivity index (χ1) is 5.15. The third-order valence-electron chi connectivity index (χ3n) is 1.40. The molecule has 1 fully saturated rings. The molecule has 4 nitrogen and oxygen atoms in total. The molecule has 1 aliphatic rings. The van der Waals surface area contributed by atoms with Crippen LogP contribution in [0.15, 0.2) is 0 Å². The molecule has 1 rings (SSSR count). The summed E-state index contributed by atoms with van der Waals surface area (Å²) < 4.78 is 0. The highest BCUT2D eigenvalue weighted by molar-refractivity contribution is 7.80.